The smallest absolute Gasteiger partial charge is 1.00 e. The Hall–Kier alpha value is 0.557. The van der Waals surface area contributed by atoms with Crippen LogP contribution in [0.1, 0.15) is 1.43 Å². The molecule has 0 rings (SSSR count). The molecule has 0 aromatic rings. The van der Waals surface area contributed by atoms with Gasteiger partial charge in [-0.2, -0.15) is 8.42 Å². The standard InChI is InChI=1S/F2HO5PS.Li.H/c1-8(2,3)7-9(4,5)6;;/h(H,4,5,6);;/q;+1;-1. The molecule has 0 aromatic carbocycles. The minimum Gasteiger partial charge on any atom is -1.00 e. The molecule has 0 saturated heterocycles. The Morgan fingerprint density at radius 1 is 1.50 bits per heavy atom. The summed E-state index contributed by atoms with van der Waals surface area (Å²) in [6.45, 7) is 0. The predicted octanol–water partition coefficient (Wildman–Crippen LogP) is -2.03. The second kappa shape index (κ2) is 3.81. The summed E-state index contributed by atoms with van der Waals surface area (Å²) >= 11 is 0. The van der Waals surface area contributed by atoms with Gasteiger partial charge in [-0.3, -0.25) is 4.55 Å². The molecule has 0 aromatic heterocycles. The third-order valence-corrected chi connectivity index (χ3v) is 1.63. The Labute approximate surface area is 69.1 Å². The zero-order valence-corrected chi connectivity index (χ0v) is 6.40. The van der Waals surface area contributed by atoms with Crippen molar-refractivity contribution in [2.45, 2.75) is 0 Å². The van der Waals surface area contributed by atoms with Gasteiger partial charge in [0.05, 0.1) is 0 Å². The van der Waals surface area contributed by atoms with Crippen molar-refractivity contribution in [2.24, 2.45) is 0 Å². The van der Waals surface area contributed by atoms with Crippen molar-refractivity contribution in [1.29, 1.82) is 0 Å². The van der Waals surface area contributed by atoms with Gasteiger partial charge in [0.1, 0.15) is 0 Å². The zero-order valence-electron chi connectivity index (χ0n) is 5.69. The fourth-order valence-electron chi connectivity index (χ4n) is 0.110. The van der Waals surface area contributed by atoms with Gasteiger partial charge in [0, 0.05) is 0 Å². The first-order chi connectivity index (χ1) is 3.71. The number of halogens is 2. The zero-order chi connectivity index (χ0) is 7.71. The fourth-order valence-corrected chi connectivity index (χ4v) is 0.987. The second-order valence-corrected chi connectivity index (χ2v) is 3.20. The van der Waals surface area contributed by atoms with Crippen molar-refractivity contribution in [1.82, 2.24) is 0 Å². The van der Waals surface area contributed by atoms with Crippen LogP contribution in [0.5, 0.6) is 0 Å². The van der Waals surface area contributed by atoms with Crippen LogP contribution in [-0.4, -0.2) is 13.0 Å². The van der Waals surface area contributed by atoms with E-state index in [1.54, 1.807) is 0 Å². The Morgan fingerprint density at radius 3 is 1.80 bits per heavy atom. The van der Waals surface area contributed by atoms with Gasteiger partial charge in [0.25, 0.3) is 0 Å². The minimum absolute atomic E-state index is 0. The van der Waals surface area contributed by atoms with Crippen LogP contribution in [-0.2, 0) is 18.9 Å². The summed E-state index contributed by atoms with van der Waals surface area (Å²) in [4.78, 5) is 0. The molecule has 0 aliphatic rings. The van der Waals surface area contributed by atoms with Crippen molar-refractivity contribution < 1.29 is 50.2 Å². The largest absolute Gasteiger partial charge is 1.00 e. The van der Waals surface area contributed by atoms with Gasteiger partial charge in [-0.15, -0.1) is 12.4 Å². The fraction of sp³-hybridized carbons (Fsp3) is 0. The Bertz CT molecular complexity index is 231. The molecule has 5 nitrogen and oxygen atoms in total. The molecule has 0 fully saturated rings. The van der Waals surface area contributed by atoms with E-state index in [1.165, 1.54) is 0 Å². The molecule has 0 unspecified atom stereocenters. The maximum absolute atomic E-state index is 11.0. The average molecular weight is 190 g/mol. The van der Waals surface area contributed by atoms with Crippen molar-refractivity contribution >= 4 is 18.4 Å². The summed E-state index contributed by atoms with van der Waals surface area (Å²) < 4.78 is 59.6. The Kier molecular flexibility index (Phi) is 5.01. The molecule has 0 saturated carbocycles. The van der Waals surface area contributed by atoms with E-state index in [1.807, 2.05) is 0 Å². The van der Waals surface area contributed by atoms with Crippen LogP contribution in [0.25, 0.3) is 0 Å². The van der Waals surface area contributed by atoms with Crippen molar-refractivity contribution in [2.75, 3.05) is 0 Å². The Morgan fingerprint density at radius 2 is 1.80 bits per heavy atom. The topological polar surface area (TPSA) is 80.7 Å². The molecule has 0 bridgehead atoms. The summed E-state index contributed by atoms with van der Waals surface area (Å²) in [7, 11) is -11.4. The van der Waals surface area contributed by atoms with E-state index in [-0.39, 0.29) is 20.3 Å². The van der Waals surface area contributed by atoms with Gasteiger partial charge < -0.3 is 1.43 Å². The van der Waals surface area contributed by atoms with Crippen molar-refractivity contribution in [3.63, 3.8) is 0 Å². The van der Waals surface area contributed by atoms with E-state index in [9.17, 15) is 16.8 Å². The predicted molar refractivity (Wildman–Crippen MR) is 23.6 cm³/mol. The van der Waals surface area contributed by atoms with Crippen LogP contribution < -0.4 is 18.9 Å². The molecular formula is H2F2LiO5PS. The van der Waals surface area contributed by atoms with Crippen molar-refractivity contribution in [3.05, 3.63) is 0 Å². The molecule has 0 radical (unpaired) electrons. The summed E-state index contributed by atoms with van der Waals surface area (Å²) in [6.07, 6.45) is 0. The number of rotatable bonds is 2. The normalized spacial score (nSPS) is 12.3. The Balaban J connectivity index is -0.000000320. The molecule has 0 aliphatic carbocycles. The van der Waals surface area contributed by atoms with Crippen LogP contribution in [0, 0.1) is 0 Å². The van der Waals surface area contributed by atoms with Crippen LogP contribution in [0.3, 0.4) is 0 Å². The minimum atomic E-state index is -6.13. The number of hydrogen-bond acceptors (Lipinski definition) is 4. The first kappa shape index (κ1) is 13.2. The van der Waals surface area contributed by atoms with E-state index >= 15 is 0 Å². The van der Waals surface area contributed by atoms with Gasteiger partial charge in [0.15, 0.2) is 0 Å². The first-order valence-electron chi connectivity index (χ1n) is 1.39. The molecule has 0 amide bonds. The van der Waals surface area contributed by atoms with Crippen LogP contribution >= 0.6 is 7.99 Å². The van der Waals surface area contributed by atoms with E-state index < -0.39 is 18.4 Å². The molecule has 0 heterocycles. The summed E-state index contributed by atoms with van der Waals surface area (Å²) in [5.74, 6) is 0. The maximum atomic E-state index is 11.0. The van der Waals surface area contributed by atoms with Gasteiger partial charge in [-0.1, -0.05) is 0 Å². The molecule has 10 heteroatoms. The monoisotopic (exact) mass is 190 g/mol. The summed E-state index contributed by atoms with van der Waals surface area (Å²) in [5.41, 5.74) is 0. The van der Waals surface area contributed by atoms with Crippen LogP contribution in [0.2, 0.25) is 0 Å². The summed E-state index contributed by atoms with van der Waals surface area (Å²) in [5, 5.41) is 0. The third-order valence-electron chi connectivity index (χ3n) is 0.181. The van der Waals surface area contributed by atoms with E-state index in [4.69, 9.17) is 9.12 Å². The first-order valence-corrected chi connectivity index (χ1v) is 4.16. The van der Waals surface area contributed by atoms with E-state index in [0.717, 1.165) is 0 Å². The van der Waals surface area contributed by atoms with Crippen LogP contribution in [0.15, 0.2) is 0 Å². The molecule has 58 valence electrons. The molecule has 0 aliphatic heterocycles. The molecule has 1 N–H and O–H groups in total. The van der Waals surface area contributed by atoms with E-state index in [0.29, 0.717) is 0 Å². The van der Waals surface area contributed by atoms with Gasteiger partial charge >= 0.3 is 37.2 Å². The SMILES string of the molecule is O=P(F)(F)OS(=O)(=O)O.[H-].[Li+]. The van der Waals surface area contributed by atoms with Gasteiger partial charge in [-0.25, -0.2) is 4.57 Å². The average Bonchev–Trinajstić information content (AvgIpc) is 1.14. The van der Waals surface area contributed by atoms with Gasteiger partial charge in [-0.05, 0) is 0 Å². The number of hydrogen-bond donors (Lipinski definition) is 1. The molecule has 0 spiro atoms. The molecule has 0 atom stereocenters. The van der Waals surface area contributed by atoms with Crippen LogP contribution in [0.4, 0.5) is 8.39 Å². The summed E-state index contributed by atoms with van der Waals surface area (Å²) in [6, 6.07) is 0. The quantitative estimate of drug-likeness (QED) is 0.308. The molecule has 10 heavy (non-hydrogen) atoms. The third kappa shape index (κ3) is 11.4. The van der Waals surface area contributed by atoms with Gasteiger partial charge in [0.2, 0.25) is 0 Å². The second-order valence-electron chi connectivity index (χ2n) is 0.917. The van der Waals surface area contributed by atoms with E-state index in [2.05, 4.69) is 3.97 Å². The maximum Gasteiger partial charge on any atom is 1.00 e. The van der Waals surface area contributed by atoms with Crippen molar-refractivity contribution in [3.8, 4) is 0 Å². The molecular weight excluding hydrogens is 188 g/mol.